The normalized spacial score (nSPS) is 14.1. The van der Waals surface area contributed by atoms with Crippen molar-refractivity contribution in [2.24, 2.45) is 5.92 Å². The average Bonchev–Trinajstić information content (AvgIpc) is 3.26. The van der Waals surface area contributed by atoms with E-state index in [1.54, 1.807) is 19.2 Å². The fourth-order valence-corrected chi connectivity index (χ4v) is 2.04. The van der Waals surface area contributed by atoms with Crippen LogP contribution in [-0.4, -0.2) is 39.8 Å². The molecule has 0 unspecified atom stereocenters. The lowest BCUT2D eigenvalue weighted by Gasteiger charge is -2.21. The summed E-state index contributed by atoms with van der Waals surface area (Å²) in [6.45, 7) is 2.36. The van der Waals surface area contributed by atoms with Crippen LogP contribution in [0.1, 0.15) is 23.2 Å². The molecule has 20 heavy (non-hydrogen) atoms. The zero-order valence-electron chi connectivity index (χ0n) is 12.2. The molecule has 110 valence electrons. The number of nitrogens with one attached hydrogen (secondary N) is 1. The molecule has 1 saturated carbocycles. The largest absolute Gasteiger partial charge is 0.397 e. The molecule has 0 aliphatic heterocycles. The second kappa shape index (κ2) is 6.61. The van der Waals surface area contributed by atoms with Crippen LogP contribution in [0, 0.1) is 5.92 Å². The first-order chi connectivity index (χ1) is 9.61. The summed E-state index contributed by atoms with van der Waals surface area (Å²) in [4.78, 5) is 13.6. The van der Waals surface area contributed by atoms with Crippen molar-refractivity contribution in [2.45, 2.75) is 12.8 Å². The van der Waals surface area contributed by atoms with Crippen molar-refractivity contribution in [3.63, 3.8) is 0 Å². The summed E-state index contributed by atoms with van der Waals surface area (Å²) in [6, 6.07) is 5.36. The molecule has 0 radical (unpaired) electrons. The van der Waals surface area contributed by atoms with E-state index in [1.807, 2.05) is 13.1 Å². The van der Waals surface area contributed by atoms with Crippen molar-refractivity contribution in [2.75, 3.05) is 44.5 Å². The third kappa shape index (κ3) is 3.87. The third-order valence-electron chi connectivity index (χ3n) is 3.55. The summed E-state index contributed by atoms with van der Waals surface area (Å²) in [5.74, 6) is 0.663. The maximum atomic E-state index is 11.5. The van der Waals surface area contributed by atoms with Gasteiger partial charge in [-0.2, -0.15) is 0 Å². The maximum Gasteiger partial charge on any atom is 0.251 e. The van der Waals surface area contributed by atoms with Gasteiger partial charge in [-0.15, -0.1) is 0 Å². The first kappa shape index (κ1) is 14.7. The molecular formula is C15H23N3O2. The number of hydrogen-bond donors (Lipinski definition) is 2. The van der Waals surface area contributed by atoms with Crippen LogP contribution >= 0.6 is 0 Å². The number of rotatable bonds is 7. The van der Waals surface area contributed by atoms with E-state index in [1.165, 1.54) is 12.8 Å². The number of likely N-dealkylation sites (N-methyl/N-ethyl adjacent to an activating group) is 1. The average molecular weight is 277 g/mol. The Morgan fingerprint density at radius 1 is 1.50 bits per heavy atom. The minimum Gasteiger partial charge on any atom is -0.397 e. The molecule has 0 spiro atoms. The monoisotopic (exact) mass is 277 g/mol. The van der Waals surface area contributed by atoms with Gasteiger partial charge in [0.1, 0.15) is 0 Å². The van der Waals surface area contributed by atoms with Gasteiger partial charge in [-0.05, 0) is 37.0 Å². The van der Waals surface area contributed by atoms with Gasteiger partial charge in [0.25, 0.3) is 5.91 Å². The Hall–Kier alpha value is -1.75. The SMILES string of the molecule is CNC(=O)c1ccc(N(C)CCOCC2CC2)c(N)c1. The van der Waals surface area contributed by atoms with Gasteiger partial charge in [0.05, 0.1) is 18.0 Å². The fourth-order valence-electron chi connectivity index (χ4n) is 2.04. The van der Waals surface area contributed by atoms with Gasteiger partial charge in [-0.3, -0.25) is 4.79 Å². The molecule has 1 aromatic rings. The van der Waals surface area contributed by atoms with Crippen molar-refractivity contribution in [3.05, 3.63) is 23.8 Å². The lowest BCUT2D eigenvalue weighted by Crippen LogP contribution is -2.24. The second-order valence-electron chi connectivity index (χ2n) is 5.29. The first-order valence-corrected chi connectivity index (χ1v) is 7.02. The van der Waals surface area contributed by atoms with E-state index in [9.17, 15) is 4.79 Å². The van der Waals surface area contributed by atoms with E-state index in [0.29, 0.717) is 17.9 Å². The van der Waals surface area contributed by atoms with Gasteiger partial charge in [0.2, 0.25) is 0 Å². The molecule has 0 aromatic heterocycles. The molecule has 0 heterocycles. The number of amides is 1. The lowest BCUT2D eigenvalue weighted by atomic mass is 10.1. The van der Waals surface area contributed by atoms with Crippen molar-refractivity contribution in [1.82, 2.24) is 5.32 Å². The Morgan fingerprint density at radius 3 is 2.85 bits per heavy atom. The number of ether oxygens (including phenoxy) is 1. The Morgan fingerprint density at radius 2 is 2.25 bits per heavy atom. The summed E-state index contributed by atoms with van der Waals surface area (Å²) in [5.41, 5.74) is 8.12. The minimum atomic E-state index is -0.126. The first-order valence-electron chi connectivity index (χ1n) is 7.02. The molecular weight excluding hydrogens is 254 g/mol. The second-order valence-corrected chi connectivity index (χ2v) is 5.29. The van der Waals surface area contributed by atoms with Crippen LogP contribution < -0.4 is 16.0 Å². The minimum absolute atomic E-state index is 0.126. The van der Waals surface area contributed by atoms with E-state index in [2.05, 4.69) is 10.2 Å². The molecule has 0 atom stereocenters. The maximum absolute atomic E-state index is 11.5. The van der Waals surface area contributed by atoms with Crippen LogP contribution in [0.4, 0.5) is 11.4 Å². The van der Waals surface area contributed by atoms with Crippen LogP contribution in [0.15, 0.2) is 18.2 Å². The summed E-state index contributed by atoms with van der Waals surface area (Å²) < 4.78 is 5.62. The van der Waals surface area contributed by atoms with E-state index >= 15 is 0 Å². The highest BCUT2D eigenvalue weighted by atomic mass is 16.5. The van der Waals surface area contributed by atoms with Crippen molar-refractivity contribution in [1.29, 1.82) is 0 Å². The van der Waals surface area contributed by atoms with E-state index in [-0.39, 0.29) is 5.91 Å². The molecule has 3 N–H and O–H groups in total. The number of carbonyl (C=O) groups excluding carboxylic acids is 1. The predicted octanol–water partition coefficient (Wildman–Crippen LogP) is 1.49. The Balaban J connectivity index is 1.87. The molecule has 2 rings (SSSR count). The van der Waals surface area contributed by atoms with Crippen molar-refractivity contribution >= 4 is 17.3 Å². The summed E-state index contributed by atoms with van der Waals surface area (Å²) in [7, 11) is 3.58. The van der Waals surface area contributed by atoms with Gasteiger partial charge in [-0.1, -0.05) is 0 Å². The van der Waals surface area contributed by atoms with Crippen molar-refractivity contribution in [3.8, 4) is 0 Å². The summed E-state index contributed by atoms with van der Waals surface area (Å²) >= 11 is 0. The highest BCUT2D eigenvalue weighted by molar-refractivity contribution is 5.95. The number of anilines is 2. The zero-order chi connectivity index (χ0) is 14.5. The third-order valence-corrected chi connectivity index (χ3v) is 3.55. The lowest BCUT2D eigenvalue weighted by molar-refractivity contribution is 0.0963. The molecule has 5 heteroatoms. The number of nitrogen functional groups attached to an aromatic ring is 1. The smallest absolute Gasteiger partial charge is 0.251 e. The van der Waals surface area contributed by atoms with Crippen molar-refractivity contribution < 1.29 is 9.53 Å². The number of nitrogens with zero attached hydrogens (tertiary/aromatic N) is 1. The number of hydrogen-bond acceptors (Lipinski definition) is 4. The molecule has 1 aliphatic carbocycles. The zero-order valence-corrected chi connectivity index (χ0v) is 12.2. The summed E-state index contributed by atoms with van der Waals surface area (Å²) in [5, 5.41) is 2.59. The highest BCUT2D eigenvalue weighted by Gasteiger charge is 2.21. The number of nitrogens with two attached hydrogens (primary N) is 1. The number of carbonyl (C=O) groups is 1. The van der Waals surface area contributed by atoms with Crippen LogP contribution in [0.5, 0.6) is 0 Å². The Kier molecular flexibility index (Phi) is 4.84. The number of benzene rings is 1. The summed E-state index contributed by atoms with van der Waals surface area (Å²) in [6.07, 6.45) is 2.62. The van der Waals surface area contributed by atoms with Gasteiger partial charge in [0, 0.05) is 32.8 Å². The standard InChI is InChI=1S/C15H23N3O2/c1-17-15(19)12-5-6-14(13(16)9-12)18(2)7-8-20-10-11-3-4-11/h5-6,9,11H,3-4,7-8,10,16H2,1-2H3,(H,17,19). The van der Waals surface area contributed by atoms with Gasteiger partial charge in [0.15, 0.2) is 0 Å². The van der Waals surface area contributed by atoms with E-state index in [4.69, 9.17) is 10.5 Å². The van der Waals surface area contributed by atoms with Gasteiger partial charge in [-0.25, -0.2) is 0 Å². The van der Waals surface area contributed by atoms with Crippen LogP contribution in [0.3, 0.4) is 0 Å². The van der Waals surface area contributed by atoms with Gasteiger partial charge >= 0.3 is 0 Å². The molecule has 1 fully saturated rings. The topological polar surface area (TPSA) is 67.6 Å². The highest BCUT2D eigenvalue weighted by Crippen LogP contribution is 2.28. The van der Waals surface area contributed by atoms with E-state index < -0.39 is 0 Å². The van der Waals surface area contributed by atoms with Crippen LogP contribution in [-0.2, 0) is 4.74 Å². The van der Waals surface area contributed by atoms with Crippen LogP contribution in [0.2, 0.25) is 0 Å². The molecule has 0 bridgehead atoms. The molecule has 0 saturated heterocycles. The molecule has 5 nitrogen and oxygen atoms in total. The Labute approximate surface area is 120 Å². The Bertz CT molecular complexity index is 472. The molecule has 1 amide bonds. The van der Waals surface area contributed by atoms with Gasteiger partial charge < -0.3 is 20.7 Å². The van der Waals surface area contributed by atoms with E-state index in [0.717, 1.165) is 24.8 Å². The quantitative estimate of drug-likeness (QED) is 0.585. The predicted molar refractivity (Wildman–Crippen MR) is 81.1 cm³/mol. The molecule has 1 aromatic carbocycles. The van der Waals surface area contributed by atoms with Crippen LogP contribution in [0.25, 0.3) is 0 Å². The fraction of sp³-hybridized carbons (Fsp3) is 0.533. The molecule has 1 aliphatic rings.